The van der Waals surface area contributed by atoms with Crippen molar-refractivity contribution in [2.45, 2.75) is 6.42 Å². The van der Waals surface area contributed by atoms with Gasteiger partial charge in [0.1, 0.15) is 12.1 Å². The first-order valence-corrected chi connectivity index (χ1v) is 6.57. The highest BCUT2D eigenvalue weighted by molar-refractivity contribution is 5.95. The van der Waals surface area contributed by atoms with Gasteiger partial charge in [0.05, 0.1) is 32.1 Å². The zero-order valence-electron chi connectivity index (χ0n) is 11.6. The van der Waals surface area contributed by atoms with Gasteiger partial charge in [-0.2, -0.15) is 0 Å². The van der Waals surface area contributed by atoms with E-state index < -0.39 is 5.97 Å². The number of carboxylic acids is 1. The fourth-order valence-corrected chi connectivity index (χ4v) is 1.97. The van der Waals surface area contributed by atoms with Crippen molar-refractivity contribution in [1.29, 1.82) is 0 Å². The molecule has 0 bridgehead atoms. The Labute approximate surface area is 117 Å². The highest BCUT2D eigenvalue weighted by Gasteiger charge is 2.05. The number of rotatable bonds is 6. The maximum absolute atomic E-state index is 10.8. The molecule has 0 amide bonds. The van der Waals surface area contributed by atoms with Gasteiger partial charge in [0.25, 0.3) is 0 Å². The normalized spacial score (nSPS) is 10.9. The van der Waals surface area contributed by atoms with E-state index in [1.54, 1.807) is 6.07 Å². The van der Waals surface area contributed by atoms with Gasteiger partial charge in [-0.05, 0) is 17.7 Å². The first kappa shape index (κ1) is 14.2. The molecular formula is C14H18N4O2. The first-order chi connectivity index (χ1) is 9.58. The zero-order valence-corrected chi connectivity index (χ0v) is 11.6. The summed E-state index contributed by atoms with van der Waals surface area (Å²) in [5, 5.41) is 14.9. The van der Waals surface area contributed by atoms with Gasteiger partial charge in [0.15, 0.2) is 0 Å². The Morgan fingerprint density at radius 2 is 2.15 bits per heavy atom. The Morgan fingerprint density at radius 1 is 1.35 bits per heavy atom. The maximum Gasteiger partial charge on any atom is 0.137 e. The molecule has 1 aromatic heterocycles. The van der Waals surface area contributed by atoms with E-state index in [-0.39, 0.29) is 5.56 Å². The molecule has 0 radical (unpaired) electrons. The van der Waals surface area contributed by atoms with E-state index in [1.165, 1.54) is 23.4 Å². The van der Waals surface area contributed by atoms with Gasteiger partial charge in [-0.3, -0.25) is 0 Å². The molecule has 6 heteroatoms. The predicted octanol–water partition coefficient (Wildman–Crippen LogP) is -1.06. The predicted molar refractivity (Wildman–Crippen MR) is 74.7 cm³/mol. The average Bonchev–Trinajstić information content (AvgIpc) is 2.42. The summed E-state index contributed by atoms with van der Waals surface area (Å²) >= 11 is 0. The molecule has 1 aromatic carbocycles. The van der Waals surface area contributed by atoms with Crippen LogP contribution in [-0.4, -0.2) is 43.1 Å². The molecule has 106 valence electrons. The number of hydrogen-bond donors (Lipinski definition) is 2. The third-order valence-electron chi connectivity index (χ3n) is 3.02. The minimum atomic E-state index is -1.20. The van der Waals surface area contributed by atoms with E-state index in [0.717, 1.165) is 30.7 Å². The van der Waals surface area contributed by atoms with Gasteiger partial charge in [0.2, 0.25) is 0 Å². The molecule has 2 N–H and O–H groups in total. The number of nitrogens with zero attached hydrogens (tertiary/aromatic N) is 2. The second-order valence-corrected chi connectivity index (χ2v) is 4.98. The maximum atomic E-state index is 10.8. The van der Waals surface area contributed by atoms with Gasteiger partial charge >= 0.3 is 0 Å². The van der Waals surface area contributed by atoms with Gasteiger partial charge in [0, 0.05) is 18.4 Å². The van der Waals surface area contributed by atoms with Crippen LogP contribution in [0.3, 0.4) is 0 Å². The van der Waals surface area contributed by atoms with Crippen molar-refractivity contribution in [3.05, 3.63) is 30.1 Å². The van der Waals surface area contributed by atoms with Crippen LogP contribution < -0.4 is 15.3 Å². The lowest BCUT2D eigenvalue weighted by Gasteiger charge is -2.10. The standard InChI is InChI=1S/C14H18N4O2/c1-18(2)7-3-6-15-13-11-5-4-10(14(19)20)8-12(11)16-9-17-13/h4-5,8-9H,3,6-7H2,1-2H3,(H,19,20)(H,15,16,17). The average molecular weight is 274 g/mol. The van der Waals surface area contributed by atoms with Crippen LogP contribution in [0, 0.1) is 0 Å². The molecule has 0 aliphatic carbocycles. The second-order valence-electron chi connectivity index (χ2n) is 4.98. The van der Waals surface area contributed by atoms with Crippen LogP contribution in [0.4, 0.5) is 5.82 Å². The lowest BCUT2D eigenvalue weighted by molar-refractivity contribution is -0.858. The molecule has 0 aliphatic heterocycles. The van der Waals surface area contributed by atoms with Crippen LogP contribution in [0.1, 0.15) is 16.8 Å². The summed E-state index contributed by atoms with van der Waals surface area (Å²) in [6.45, 7) is 1.89. The van der Waals surface area contributed by atoms with E-state index in [1.807, 2.05) is 0 Å². The second kappa shape index (κ2) is 6.29. The molecule has 20 heavy (non-hydrogen) atoms. The first-order valence-electron chi connectivity index (χ1n) is 6.57. The topological polar surface area (TPSA) is 82.4 Å². The van der Waals surface area contributed by atoms with Crippen LogP contribution in [0.2, 0.25) is 0 Å². The van der Waals surface area contributed by atoms with Gasteiger partial charge in [-0.25, -0.2) is 9.97 Å². The molecule has 1 heterocycles. The molecule has 0 saturated carbocycles. The van der Waals surface area contributed by atoms with Gasteiger partial charge in [-0.15, -0.1) is 0 Å². The Morgan fingerprint density at radius 3 is 2.85 bits per heavy atom. The van der Waals surface area contributed by atoms with Crippen molar-refractivity contribution >= 4 is 22.7 Å². The molecule has 0 unspecified atom stereocenters. The van der Waals surface area contributed by atoms with Gasteiger partial charge in [-0.1, -0.05) is 6.07 Å². The smallest absolute Gasteiger partial charge is 0.137 e. The highest BCUT2D eigenvalue weighted by atomic mass is 16.4. The van der Waals surface area contributed by atoms with Crippen LogP contribution in [0.25, 0.3) is 10.9 Å². The number of carbonyl (C=O) groups excluding carboxylic acids is 1. The summed E-state index contributed by atoms with van der Waals surface area (Å²) < 4.78 is 0. The van der Waals surface area contributed by atoms with Gasteiger partial charge < -0.3 is 20.1 Å². The van der Waals surface area contributed by atoms with Crippen LogP contribution in [0.15, 0.2) is 24.5 Å². The van der Waals surface area contributed by atoms with Crippen molar-refractivity contribution in [3.63, 3.8) is 0 Å². The van der Waals surface area contributed by atoms with E-state index in [9.17, 15) is 9.90 Å². The summed E-state index contributed by atoms with van der Waals surface area (Å²) in [6.07, 6.45) is 2.46. The molecule has 0 atom stereocenters. The van der Waals surface area contributed by atoms with Crippen molar-refractivity contribution < 1.29 is 14.8 Å². The SMILES string of the molecule is C[NH+](C)CCCNc1ncnc2cc(C(=O)[O-])ccc12. The summed E-state index contributed by atoms with van der Waals surface area (Å²) in [4.78, 5) is 20.5. The number of carbonyl (C=O) groups is 1. The van der Waals surface area contributed by atoms with Crippen LogP contribution in [-0.2, 0) is 0 Å². The monoisotopic (exact) mass is 274 g/mol. The minimum Gasteiger partial charge on any atom is -0.545 e. The summed E-state index contributed by atoms with van der Waals surface area (Å²) in [5.74, 6) is -0.470. The Balaban J connectivity index is 2.15. The van der Waals surface area contributed by atoms with E-state index >= 15 is 0 Å². The van der Waals surface area contributed by atoms with E-state index in [0.29, 0.717) is 5.52 Å². The van der Waals surface area contributed by atoms with Crippen molar-refractivity contribution in [2.24, 2.45) is 0 Å². The number of benzene rings is 1. The molecule has 2 aromatic rings. The Hall–Kier alpha value is -2.21. The van der Waals surface area contributed by atoms with E-state index in [4.69, 9.17) is 0 Å². The van der Waals surface area contributed by atoms with Crippen molar-refractivity contribution in [2.75, 3.05) is 32.5 Å². The van der Waals surface area contributed by atoms with Crippen molar-refractivity contribution in [1.82, 2.24) is 9.97 Å². The lowest BCUT2D eigenvalue weighted by atomic mass is 10.1. The molecule has 0 aliphatic rings. The van der Waals surface area contributed by atoms with E-state index in [2.05, 4.69) is 29.4 Å². The number of nitrogens with one attached hydrogen (secondary N) is 2. The summed E-state index contributed by atoms with van der Waals surface area (Å²) in [7, 11) is 4.23. The number of anilines is 1. The van der Waals surface area contributed by atoms with Crippen molar-refractivity contribution in [3.8, 4) is 0 Å². The van der Waals surface area contributed by atoms with Crippen LogP contribution >= 0.6 is 0 Å². The number of aromatic nitrogens is 2. The fourth-order valence-electron chi connectivity index (χ4n) is 1.97. The largest absolute Gasteiger partial charge is 0.545 e. The number of hydrogen-bond acceptors (Lipinski definition) is 5. The molecule has 6 nitrogen and oxygen atoms in total. The highest BCUT2D eigenvalue weighted by Crippen LogP contribution is 2.20. The molecule has 0 saturated heterocycles. The number of fused-ring (bicyclic) bond motifs is 1. The van der Waals surface area contributed by atoms with Crippen LogP contribution in [0.5, 0.6) is 0 Å². The zero-order chi connectivity index (χ0) is 14.5. The summed E-state index contributed by atoms with van der Waals surface area (Å²) in [5.41, 5.74) is 0.723. The third kappa shape index (κ3) is 3.42. The molecule has 0 fully saturated rings. The lowest BCUT2D eigenvalue weighted by Crippen LogP contribution is -3.05. The third-order valence-corrected chi connectivity index (χ3v) is 3.02. The summed E-state index contributed by atoms with van der Waals surface area (Å²) in [6, 6.07) is 4.72. The quantitative estimate of drug-likeness (QED) is 0.656. The Kier molecular flexibility index (Phi) is 4.47. The molecule has 2 rings (SSSR count). The Bertz CT molecular complexity index is 613. The molecule has 0 spiro atoms. The minimum absolute atomic E-state index is 0.123. The number of carboxylic acid groups (broad SMARTS) is 1. The molecular weight excluding hydrogens is 256 g/mol. The fraction of sp³-hybridized carbons (Fsp3) is 0.357. The number of aromatic carboxylic acids is 1. The number of quaternary nitrogens is 1.